The number of hydrogen-bond acceptors (Lipinski definition) is 6. The zero-order valence-electron chi connectivity index (χ0n) is 11.6. The first kappa shape index (κ1) is 12.7. The maximum Gasteiger partial charge on any atom is 0.234 e. The molecule has 2 fully saturated rings. The van der Waals surface area contributed by atoms with Crippen LogP contribution in [0.15, 0.2) is 0 Å². The van der Waals surface area contributed by atoms with Crippen LogP contribution in [0.1, 0.15) is 42.9 Å². The van der Waals surface area contributed by atoms with Crippen molar-refractivity contribution in [1.29, 1.82) is 0 Å². The molecule has 4 rings (SSSR count). The van der Waals surface area contributed by atoms with E-state index in [2.05, 4.69) is 22.4 Å². The molecule has 108 valence electrons. The van der Waals surface area contributed by atoms with Crippen LogP contribution in [-0.4, -0.2) is 46.1 Å². The Morgan fingerprint density at radius 3 is 2.95 bits per heavy atom. The van der Waals surface area contributed by atoms with E-state index in [-0.39, 0.29) is 5.41 Å². The molecule has 4 heterocycles. The Morgan fingerprint density at radius 1 is 1.35 bits per heavy atom. The summed E-state index contributed by atoms with van der Waals surface area (Å²) >= 11 is 1.69. The molecule has 0 bridgehead atoms. The molecule has 6 nitrogen and oxygen atoms in total. The third-order valence-corrected chi connectivity index (χ3v) is 5.69. The number of fused-ring (bicyclic) bond motifs is 1. The minimum absolute atomic E-state index is 0.151. The summed E-state index contributed by atoms with van der Waals surface area (Å²) in [5.41, 5.74) is 0.151. The Labute approximate surface area is 121 Å². The summed E-state index contributed by atoms with van der Waals surface area (Å²) < 4.78 is 7.40. The molecule has 2 aliphatic rings. The second kappa shape index (κ2) is 4.75. The monoisotopic (exact) mass is 293 g/mol. The molecule has 20 heavy (non-hydrogen) atoms. The molecule has 0 radical (unpaired) electrons. The van der Waals surface area contributed by atoms with Crippen LogP contribution in [0.25, 0.3) is 4.96 Å². The molecular weight excluding hydrogens is 274 g/mol. The molecule has 1 N–H and O–H groups in total. The number of aromatic nitrogens is 4. The molecule has 0 aliphatic carbocycles. The molecule has 2 saturated heterocycles. The zero-order chi connectivity index (χ0) is 13.6. The van der Waals surface area contributed by atoms with Gasteiger partial charge < -0.3 is 10.1 Å². The predicted molar refractivity (Wildman–Crippen MR) is 76.3 cm³/mol. The van der Waals surface area contributed by atoms with E-state index >= 15 is 0 Å². The van der Waals surface area contributed by atoms with E-state index in [1.165, 1.54) is 5.01 Å². The maximum atomic E-state index is 5.43. The van der Waals surface area contributed by atoms with E-state index in [9.17, 15) is 0 Å². The lowest BCUT2D eigenvalue weighted by Crippen LogP contribution is -2.25. The molecule has 2 aromatic rings. The highest BCUT2D eigenvalue weighted by Crippen LogP contribution is 2.34. The Morgan fingerprint density at radius 2 is 2.20 bits per heavy atom. The van der Waals surface area contributed by atoms with Crippen molar-refractivity contribution < 1.29 is 4.74 Å². The van der Waals surface area contributed by atoms with Gasteiger partial charge in [-0.15, -0.1) is 10.2 Å². The SMILES string of the molecule is CC1(c2nn3c(C4CCOCC4)nnc3s2)CCNC1. The van der Waals surface area contributed by atoms with Crippen LogP contribution in [-0.2, 0) is 10.2 Å². The van der Waals surface area contributed by atoms with Gasteiger partial charge in [-0.2, -0.15) is 9.61 Å². The molecule has 0 saturated carbocycles. The summed E-state index contributed by atoms with van der Waals surface area (Å²) in [7, 11) is 0. The van der Waals surface area contributed by atoms with Crippen LogP contribution in [0.3, 0.4) is 0 Å². The molecule has 2 aliphatic heterocycles. The lowest BCUT2D eigenvalue weighted by Gasteiger charge is -2.20. The number of nitrogens with one attached hydrogen (secondary N) is 1. The Kier molecular flexibility index (Phi) is 3.01. The Hall–Kier alpha value is -1.05. The predicted octanol–water partition coefficient (Wildman–Crippen LogP) is 1.33. The number of ether oxygens (including phenoxy) is 1. The largest absolute Gasteiger partial charge is 0.381 e. The van der Waals surface area contributed by atoms with Gasteiger partial charge in [0, 0.05) is 31.1 Å². The maximum absolute atomic E-state index is 5.43. The standard InChI is InChI=1S/C13H19N5OS/c1-13(4-5-14-8-13)11-17-18-10(15-16-12(18)20-11)9-2-6-19-7-3-9/h9,14H,2-8H2,1H3. The highest BCUT2D eigenvalue weighted by molar-refractivity contribution is 7.16. The fraction of sp³-hybridized carbons (Fsp3) is 0.769. The van der Waals surface area contributed by atoms with Gasteiger partial charge in [0.05, 0.1) is 0 Å². The average Bonchev–Trinajstić information content (AvgIpc) is 3.14. The van der Waals surface area contributed by atoms with Crippen molar-refractivity contribution in [2.75, 3.05) is 26.3 Å². The lowest BCUT2D eigenvalue weighted by atomic mass is 9.91. The Balaban J connectivity index is 1.71. The first-order valence-electron chi connectivity index (χ1n) is 7.27. The number of hydrogen-bond donors (Lipinski definition) is 1. The van der Waals surface area contributed by atoms with Crippen molar-refractivity contribution in [2.45, 2.75) is 37.5 Å². The van der Waals surface area contributed by atoms with E-state index < -0.39 is 0 Å². The molecule has 1 unspecified atom stereocenters. The highest BCUT2D eigenvalue weighted by Gasteiger charge is 2.35. The molecule has 2 aromatic heterocycles. The first-order valence-corrected chi connectivity index (χ1v) is 8.09. The van der Waals surface area contributed by atoms with Gasteiger partial charge >= 0.3 is 0 Å². The van der Waals surface area contributed by atoms with Gasteiger partial charge in [0.15, 0.2) is 5.82 Å². The fourth-order valence-corrected chi connectivity index (χ4v) is 4.10. The van der Waals surface area contributed by atoms with E-state index in [0.717, 1.165) is 56.4 Å². The van der Waals surface area contributed by atoms with Gasteiger partial charge in [-0.25, -0.2) is 0 Å². The van der Waals surface area contributed by atoms with Crippen molar-refractivity contribution in [3.8, 4) is 0 Å². The summed E-state index contributed by atoms with van der Waals surface area (Å²) in [6.45, 7) is 6.00. The summed E-state index contributed by atoms with van der Waals surface area (Å²) in [4.78, 5) is 0.926. The molecule has 0 spiro atoms. The highest BCUT2D eigenvalue weighted by atomic mass is 32.1. The van der Waals surface area contributed by atoms with Crippen molar-refractivity contribution in [3.05, 3.63) is 10.8 Å². The second-order valence-corrected chi connectivity index (χ2v) is 6.99. The van der Waals surface area contributed by atoms with E-state index in [0.29, 0.717) is 5.92 Å². The van der Waals surface area contributed by atoms with E-state index in [4.69, 9.17) is 9.84 Å². The summed E-state index contributed by atoms with van der Waals surface area (Å²) in [5, 5.41) is 18.1. The van der Waals surface area contributed by atoms with Crippen molar-refractivity contribution in [3.63, 3.8) is 0 Å². The fourth-order valence-electron chi connectivity index (χ4n) is 3.09. The molecule has 0 amide bonds. The topological polar surface area (TPSA) is 64.3 Å². The average molecular weight is 293 g/mol. The van der Waals surface area contributed by atoms with Gasteiger partial charge in [-0.05, 0) is 25.8 Å². The van der Waals surface area contributed by atoms with Crippen molar-refractivity contribution in [1.82, 2.24) is 25.1 Å². The normalized spacial score (nSPS) is 28.4. The summed E-state index contributed by atoms with van der Waals surface area (Å²) in [6.07, 6.45) is 3.18. The van der Waals surface area contributed by atoms with Crippen LogP contribution < -0.4 is 5.32 Å². The quantitative estimate of drug-likeness (QED) is 0.905. The van der Waals surface area contributed by atoms with E-state index in [1.807, 2.05) is 4.52 Å². The summed E-state index contributed by atoms with van der Waals surface area (Å²) in [5.74, 6) is 1.45. The van der Waals surface area contributed by atoms with Gasteiger partial charge in [-0.1, -0.05) is 18.3 Å². The molecule has 1 atom stereocenters. The third kappa shape index (κ3) is 1.96. The van der Waals surface area contributed by atoms with Crippen molar-refractivity contribution >= 4 is 16.3 Å². The second-order valence-electron chi connectivity index (χ2n) is 6.03. The van der Waals surface area contributed by atoms with Gasteiger partial charge in [-0.3, -0.25) is 0 Å². The third-order valence-electron chi connectivity index (χ3n) is 4.49. The zero-order valence-corrected chi connectivity index (χ0v) is 12.4. The minimum atomic E-state index is 0.151. The minimum Gasteiger partial charge on any atom is -0.381 e. The number of rotatable bonds is 2. The van der Waals surface area contributed by atoms with Crippen LogP contribution in [0.5, 0.6) is 0 Å². The van der Waals surface area contributed by atoms with Crippen molar-refractivity contribution in [2.24, 2.45) is 0 Å². The van der Waals surface area contributed by atoms with Crippen LogP contribution in [0.4, 0.5) is 0 Å². The van der Waals surface area contributed by atoms with Gasteiger partial charge in [0.1, 0.15) is 5.01 Å². The van der Waals surface area contributed by atoms with E-state index in [1.54, 1.807) is 11.3 Å². The Bertz CT molecular complexity index is 609. The van der Waals surface area contributed by atoms with Crippen LogP contribution in [0.2, 0.25) is 0 Å². The van der Waals surface area contributed by atoms with Gasteiger partial charge in [0.2, 0.25) is 4.96 Å². The first-order chi connectivity index (χ1) is 9.76. The van der Waals surface area contributed by atoms with Gasteiger partial charge in [0.25, 0.3) is 0 Å². The lowest BCUT2D eigenvalue weighted by molar-refractivity contribution is 0.0831. The molecular formula is C13H19N5OS. The smallest absolute Gasteiger partial charge is 0.234 e. The van der Waals surface area contributed by atoms with Crippen LogP contribution in [0, 0.1) is 0 Å². The number of nitrogens with zero attached hydrogens (tertiary/aromatic N) is 4. The molecule has 7 heteroatoms. The van der Waals surface area contributed by atoms with Crippen LogP contribution >= 0.6 is 11.3 Å². The molecule has 0 aromatic carbocycles. The summed E-state index contributed by atoms with van der Waals surface area (Å²) in [6, 6.07) is 0.